The Labute approximate surface area is 107 Å². The molecule has 0 aliphatic heterocycles. The lowest BCUT2D eigenvalue weighted by Crippen LogP contribution is -2.22. The number of nitrogens with one attached hydrogen (secondary N) is 1. The minimum atomic E-state index is -0.563. The third-order valence-corrected chi connectivity index (χ3v) is 3.21. The molecule has 0 radical (unpaired) electrons. The van der Waals surface area contributed by atoms with Crippen molar-refractivity contribution in [3.63, 3.8) is 0 Å². The average Bonchev–Trinajstić information content (AvgIpc) is 2.75. The molecule has 1 heterocycles. The molecule has 4 nitrogen and oxygen atoms in total. The summed E-state index contributed by atoms with van der Waals surface area (Å²) < 4.78 is 13.0. The lowest BCUT2D eigenvalue weighted by atomic mass is 10.2. The minimum absolute atomic E-state index is 0.0729. The van der Waals surface area contributed by atoms with Crippen molar-refractivity contribution in [2.75, 3.05) is 0 Å². The van der Waals surface area contributed by atoms with Gasteiger partial charge in [0.1, 0.15) is 11.6 Å². The third-order valence-electron chi connectivity index (χ3n) is 2.30. The molecule has 0 saturated carbocycles. The van der Waals surface area contributed by atoms with Gasteiger partial charge in [0.25, 0.3) is 5.91 Å². The van der Waals surface area contributed by atoms with E-state index >= 15 is 0 Å². The predicted molar refractivity (Wildman–Crippen MR) is 66.1 cm³/mol. The highest BCUT2D eigenvalue weighted by molar-refractivity contribution is 7.11. The molecule has 0 fully saturated rings. The number of aromatic hydroxyl groups is 1. The molecule has 6 heteroatoms. The van der Waals surface area contributed by atoms with Crippen LogP contribution in [-0.2, 0) is 6.54 Å². The van der Waals surface area contributed by atoms with E-state index in [1.165, 1.54) is 11.3 Å². The van der Waals surface area contributed by atoms with Crippen LogP contribution < -0.4 is 5.32 Å². The molecule has 94 valence electrons. The lowest BCUT2D eigenvalue weighted by molar-refractivity contribution is 0.0948. The summed E-state index contributed by atoms with van der Waals surface area (Å²) in [5.41, 5.74) is -0.0729. The van der Waals surface area contributed by atoms with Crippen molar-refractivity contribution in [2.45, 2.75) is 13.5 Å². The van der Waals surface area contributed by atoms with Crippen LogP contribution in [0.4, 0.5) is 4.39 Å². The van der Waals surface area contributed by atoms with Gasteiger partial charge in [-0.2, -0.15) is 0 Å². The maximum atomic E-state index is 13.0. The Morgan fingerprint density at radius 3 is 3.00 bits per heavy atom. The first-order valence-corrected chi connectivity index (χ1v) is 6.06. The van der Waals surface area contributed by atoms with Crippen molar-refractivity contribution >= 4 is 17.2 Å². The number of hydrogen-bond donors (Lipinski definition) is 2. The number of hydrogen-bond acceptors (Lipinski definition) is 4. The molecule has 1 amide bonds. The van der Waals surface area contributed by atoms with Crippen molar-refractivity contribution in [1.29, 1.82) is 0 Å². The second kappa shape index (κ2) is 5.14. The number of amides is 1. The third kappa shape index (κ3) is 2.84. The van der Waals surface area contributed by atoms with Crippen LogP contribution in [0.2, 0.25) is 0 Å². The second-order valence-corrected chi connectivity index (χ2v) is 5.01. The lowest BCUT2D eigenvalue weighted by Gasteiger charge is -2.05. The zero-order chi connectivity index (χ0) is 13.1. The fourth-order valence-corrected chi connectivity index (χ4v) is 2.17. The van der Waals surface area contributed by atoms with Crippen LogP contribution in [0.25, 0.3) is 0 Å². The zero-order valence-corrected chi connectivity index (χ0v) is 10.4. The van der Waals surface area contributed by atoms with Crippen LogP contribution in [0, 0.1) is 12.7 Å². The number of aryl methyl sites for hydroxylation is 1. The fourth-order valence-electron chi connectivity index (χ4n) is 1.44. The van der Waals surface area contributed by atoms with Gasteiger partial charge in [0.05, 0.1) is 17.1 Å². The highest BCUT2D eigenvalue weighted by Crippen LogP contribution is 2.18. The van der Waals surface area contributed by atoms with E-state index in [0.29, 0.717) is 6.54 Å². The first-order chi connectivity index (χ1) is 8.56. The van der Waals surface area contributed by atoms with Crippen molar-refractivity contribution in [3.05, 3.63) is 45.7 Å². The SMILES string of the molecule is Cc1ncc(CNC(=O)c2cc(F)ccc2O)s1. The molecule has 1 aromatic carbocycles. The van der Waals surface area contributed by atoms with Gasteiger partial charge in [0.2, 0.25) is 0 Å². The molecular formula is C12H11FN2O2S. The van der Waals surface area contributed by atoms with E-state index in [0.717, 1.165) is 28.1 Å². The van der Waals surface area contributed by atoms with Crippen molar-refractivity contribution in [3.8, 4) is 5.75 Å². The molecular weight excluding hydrogens is 255 g/mol. The van der Waals surface area contributed by atoms with E-state index in [2.05, 4.69) is 10.3 Å². The van der Waals surface area contributed by atoms with E-state index in [-0.39, 0.29) is 11.3 Å². The molecule has 0 unspecified atom stereocenters. The van der Waals surface area contributed by atoms with Crippen LogP contribution in [0.5, 0.6) is 5.75 Å². The molecule has 2 aromatic rings. The summed E-state index contributed by atoms with van der Waals surface area (Å²) in [5, 5.41) is 13.0. The van der Waals surface area contributed by atoms with Crippen molar-refractivity contribution in [2.24, 2.45) is 0 Å². The summed E-state index contributed by atoms with van der Waals surface area (Å²) in [6.45, 7) is 2.18. The number of carbonyl (C=O) groups excluding carboxylic acids is 1. The standard InChI is InChI=1S/C12H11FN2O2S/c1-7-14-5-9(18-7)6-15-12(17)10-4-8(13)2-3-11(10)16/h2-5,16H,6H2,1H3,(H,15,17). The normalized spacial score (nSPS) is 10.3. The molecule has 1 aromatic heterocycles. The van der Waals surface area contributed by atoms with Crippen LogP contribution in [0.1, 0.15) is 20.2 Å². The predicted octanol–water partition coefficient (Wildman–Crippen LogP) is 2.23. The van der Waals surface area contributed by atoms with Gasteiger partial charge in [0, 0.05) is 11.1 Å². The molecule has 0 bridgehead atoms. The summed E-state index contributed by atoms with van der Waals surface area (Å²) >= 11 is 1.47. The van der Waals surface area contributed by atoms with Gasteiger partial charge in [-0.25, -0.2) is 9.37 Å². The Balaban J connectivity index is 2.05. The van der Waals surface area contributed by atoms with Crippen LogP contribution in [0.15, 0.2) is 24.4 Å². The summed E-state index contributed by atoms with van der Waals surface area (Å²) in [7, 11) is 0. The first-order valence-electron chi connectivity index (χ1n) is 5.24. The Morgan fingerprint density at radius 2 is 2.33 bits per heavy atom. The largest absolute Gasteiger partial charge is 0.507 e. The van der Waals surface area contributed by atoms with E-state index < -0.39 is 11.7 Å². The Morgan fingerprint density at radius 1 is 1.56 bits per heavy atom. The Hall–Kier alpha value is -1.95. The van der Waals surface area contributed by atoms with Gasteiger partial charge < -0.3 is 10.4 Å². The second-order valence-electron chi connectivity index (χ2n) is 3.69. The Bertz CT molecular complexity index is 583. The topological polar surface area (TPSA) is 62.2 Å². The number of benzene rings is 1. The highest BCUT2D eigenvalue weighted by atomic mass is 32.1. The average molecular weight is 266 g/mol. The summed E-state index contributed by atoms with van der Waals surface area (Å²) in [6, 6.07) is 3.25. The van der Waals surface area contributed by atoms with Gasteiger partial charge in [-0.3, -0.25) is 4.79 Å². The van der Waals surface area contributed by atoms with Gasteiger partial charge in [-0.05, 0) is 25.1 Å². The van der Waals surface area contributed by atoms with Crippen LogP contribution in [0.3, 0.4) is 0 Å². The van der Waals surface area contributed by atoms with Crippen LogP contribution in [-0.4, -0.2) is 16.0 Å². The first kappa shape index (κ1) is 12.5. The summed E-state index contributed by atoms with van der Waals surface area (Å²) in [6.07, 6.45) is 1.67. The molecule has 0 atom stereocenters. The quantitative estimate of drug-likeness (QED) is 0.895. The number of phenols is 1. The molecule has 2 N–H and O–H groups in total. The smallest absolute Gasteiger partial charge is 0.255 e. The molecule has 0 aliphatic carbocycles. The summed E-state index contributed by atoms with van der Waals surface area (Å²) in [4.78, 5) is 16.7. The number of carbonyl (C=O) groups is 1. The van der Waals surface area contributed by atoms with Gasteiger partial charge in [-0.1, -0.05) is 0 Å². The maximum absolute atomic E-state index is 13.0. The number of thiazole rings is 1. The van der Waals surface area contributed by atoms with Gasteiger partial charge >= 0.3 is 0 Å². The molecule has 2 rings (SSSR count). The molecule has 0 saturated heterocycles. The molecule has 0 aliphatic rings. The van der Waals surface area contributed by atoms with E-state index in [1.807, 2.05) is 6.92 Å². The van der Waals surface area contributed by atoms with Crippen molar-refractivity contribution < 1.29 is 14.3 Å². The minimum Gasteiger partial charge on any atom is -0.507 e. The number of phenolic OH excluding ortho intramolecular Hbond substituents is 1. The fraction of sp³-hybridized carbons (Fsp3) is 0.167. The van der Waals surface area contributed by atoms with E-state index in [9.17, 15) is 14.3 Å². The Kier molecular flexibility index (Phi) is 3.57. The number of nitrogens with zero attached hydrogens (tertiary/aromatic N) is 1. The number of halogens is 1. The molecule has 18 heavy (non-hydrogen) atoms. The van der Waals surface area contributed by atoms with Crippen LogP contribution >= 0.6 is 11.3 Å². The summed E-state index contributed by atoms with van der Waals surface area (Å²) in [5.74, 6) is -1.32. The van der Waals surface area contributed by atoms with E-state index in [4.69, 9.17) is 0 Å². The van der Waals surface area contributed by atoms with Gasteiger partial charge in [-0.15, -0.1) is 11.3 Å². The van der Waals surface area contributed by atoms with Crippen molar-refractivity contribution in [1.82, 2.24) is 10.3 Å². The maximum Gasteiger partial charge on any atom is 0.255 e. The van der Waals surface area contributed by atoms with E-state index in [1.54, 1.807) is 6.20 Å². The zero-order valence-electron chi connectivity index (χ0n) is 9.61. The highest BCUT2D eigenvalue weighted by Gasteiger charge is 2.12. The molecule has 0 spiro atoms. The number of aromatic nitrogens is 1. The number of rotatable bonds is 3. The van der Waals surface area contributed by atoms with Gasteiger partial charge in [0.15, 0.2) is 0 Å². The monoisotopic (exact) mass is 266 g/mol.